The summed E-state index contributed by atoms with van der Waals surface area (Å²) >= 11 is 0. The highest BCUT2D eigenvalue weighted by Gasteiger charge is 2.30. The van der Waals surface area contributed by atoms with E-state index < -0.39 is 80.0 Å². The average Bonchev–Trinajstić information content (AvgIpc) is 3.57. The van der Waals surface area contributed by atoms with E-state index in [1.165, 1.54) is 250 Å². The molecule has 86 heavy (non-hydrogen) atoms. The SMILES string of the molecule is CCCCCCCCCCCCCCCCCC(=O)O.CCCCCCCCCCCCCCCCCC(=O)O.CCCCCCCCCCCCCCCCCC(=O)O.CNC[C@H](O)[C@@H](O)[C@H](O)[C@H](O)CO.CNC[C@H](O)[C@@H](O)[C@H](O)[C@H](O)CO. The zero-order valence-corrected chi connectivity index (χ0v) is 55.9. The van der Waals surface area contributed by atoms with Gasteiger partial charge in [0.05, 0.1) is 25.4 Å². The van der Waals surface area contributed by atoms with Crippen LogP contribution in [0.25, 0.3) is 0 Å². The standard InChI is InChI=1S/3C18H36O2.2C7H17NO5/c3*1-2-3-4-5-6-7-8-9-10-11-12-13-14-15-16-17-18(19)20;2*1-8-2-4(10)6(12)7(13)5(11)3-9/h3*2-17H2,1H3,(H,19,20);2*4-13H,2-3H2,1H3/t;;;2*4-,5+,6+,7+/m...00/s1. The molecule has 0 rings (SSSR count). The van der Waals surface area contributed by atoms with Gasteiger partial charge in [0.2, 0.25) is 0 Å². The number of nitrogens with one attached hydrogen (secondary N) is 2. The molecular weight excluding hydrogens is 1100 g/mol. The Morgan fingerprint density at radius 3 is 0.523 bits per heavy atom. The van der Waals surface area contributed by atoms with Gasteiger partial charge in [-0.1, -0.05) is 290 Å². The summed E-state index contributed by atoms with van der Waals surface area (Å²) in [5.41, 5.74) is 0. The summed E-state index contributed by atoms with van der Waals surface area (Å²) in [6.45, 7) is 5.67. The molecule has 0 aliphatic heterocycles. The number of aliphatic carboxylic acids is 3. The summed E-state index contributed by atoms with van der Waals surface area (Å²) in [6.07, 6.45) is 49.3. The highest BCUT2D eigenvalue weighted by molar-refractivity contribution is 5.67. The molecule has 0 saturated carbocycles. The summed E-state index contributed by atoms with van der Waals surface area (Å²) < 4.78 is 0. The van der Waals surface area contributed by atoms with Gasteiger partial charge in [0.15, 0.2) is 0 Å². The van der Waals surface area contributed by atoms with Crippen LogP contribution in [-0.4, -0.2) is 174 Å². The first-order valence-electron chi connectivity index (χ1n) is 35.0. The number of aliphatic hydroxyl groups excluding tert-OH is 10. The number of likely N-dealkylation sites (N-methyl/N-ethyl adjacent to an activating group) is 2. The molecule has 0 heterocycles. The lowest BCUT2D eigenvalue weighted by atomic mass is 10.0. The Hall–Kier alpha value is -2.07. The van der Waals surface area contributed by atoms with E-state index in [2.05, 4.69) is 31.4 Å². The van der Waals surface area contributed by atoms with Gasteiger partial charge in [0.1, 0.15) is 36.6 Å². The molecular formula is C68H142N2O16. The van der Waals surface area contributed by atoms with Gasteiger partial charge in [-0.2, -0.15) is 0 Å². The van der Waals surface area contributed by atoms with Gasteiger partial charge >= 0.3 is 17.9 Å². The number of carboxylic acids is 3. The molecule has 0 aliphatic carbocycles. The number of hydrogen-bond acceptors (Lipinski definition) is 15. The third-order valence-electron chi connectivity index (χ3n) is 15.5. The van der Waals surface area contributed by atoms with Crippen molar-refractivity contribution in [3.63, 3.8) is 0 Å². The minimum Gasteiger partial charge on any atom is -0.481 e. The van der Waals surface area contributed by atoms with E-state index in [4.69, 9.17) is 56.2 Å². The van der Waals surface area contributed by atoms with Crippen LogP contribution in [-0.2, 0) is 14.4 Å². The molecule has 0 spiro atoms. The largest absolute Gasteiger partial charge is 0.481 e. The Morgan fingerprint density at radius 1 is 0.256 bits per heavy atom. The Morgan fingerprint density at radius 2 is 0.395 bits per heavy atom. The van der Waals surface area contributed by atoms with Gasteiger partial charge in [-0.05, 0) is 33.4 Å². The Kier molecular flexibility index (Phi) is 83.1. The van der Waals surface area contributed by atoms with E-state index in [9.17, 15) is 24.6 Å². The molecule has 0 aromatic heterocycles. The molecule has 0 aliphatic rings. The molecule has 0 fully saturated rings. The van der Waals surface area contributed by atoms with E-state index in [0.717, 1.165) is 38.5 Å². The van der Waals surface area contributed by atoms with Crippen LogP contribution < -0.4 is 10.6 Å². The topological polar surface area (TPSA) is 338 Å². The third-order valence-corrected chi connectivity index (χ3v) is 15.5. The maximum Gasteiger partial charge on any atom is 0.303 e. The number of hydrogen-bond donors (Lipinski definition) is 15. The summed E-state index contributed by atoms with van der Waals surface area (Å²) in [5, 5.41) is 121. The minimum absolute atomic E-state index is 0.0936. The average molecular weight is 1240 g/mol. The van der Waals surface area contributed by atoms with Crippen molar-refractivity contribution in [1.82, 2.24) is 10.6 Å². The van der Waals surface area contributed by atoms with E-state index in [-0.39, 0.29) is 13.1 Å². The Balaban J connectivity index is -0.000000322. The normalized spacial score (nSPS) is 13.8. The van der Waals surface area contributed by atoms with Crippen LogP contribution in [0, 0.1) is 0 Å². The molecule has 0 radical (unpaired) electrons. The highest BCUT2D eigenvalue weighted by Crippen LogP contribution is 2.17. The number of rotatable bonds is 60. The zero-order chi connectivity index (χ0) is 65.5. The van der Waals surface area contributed by atoms with Crippen LogP contribution in [0.4, 0.5) is 0 Å². The lowest BCUT2D eigenvalue weighted by molar-refractivity contribution is -0.138. The summed E-state index contributed by atoms with van der Waals surface area (Å²) in [6, 6.07) is 0. The van der Waals surface area contributed by atoms with E-state index in [0.29, 0.717) is 19.3 Å². The molecule has 8 atom stereocenters. The summed E-state index contributed by atoms with van der Waals surface area (Å²) in [5.74, 6) is -1.96. The third kappa shape index (κ3) is 78.0. The molecule has 0 unspecified atom stereocenters. The second kappa shape index (κ2) is 77.2. The lowest BCUT2D eigenvalue weighted by Crippen LogP contribution is -2.48. The molecule has 18 nitrogen and oxygen atoms in total. The molecule has 0 aromatic carbocycles. The van der Waals surface area contributed by atoms with Crippen molar-refractivity contribution in [3.8, 4) is 0 Å². The van der Waals surface area contributed by atoms with Gasteiger partial charge < -0.3 is 77.0 Å². The van der Waals surface area contributed by atoms with Crippen molar-refractivity contribution >= 4 is 17.9 Å². The fraction of sp³-hybridized carbons (Fsp3) is 0.956. The van der Waals surface area contributed by atoms with E-state index in [1.54, 1.807) is 14.1 Å². The maximum absolute atomic E-state index is 10.3. The van der Waals surface area contributed by atoms with Gasteiger partial charge in [-0.3, -0.25) is 14.4 Å². The van der Waals surface area contributed by atoms with E-state index >= 15 is 0 Å². The smallest absolute Gasteiger partial charge is 0.303 e. The molecule has 0 aromatic rings. The summed E-state index contributed by atoms with van der Waals surface area (Å²) in [7, 11) is 3.15. The van der Waals surface area contributed by atoms with Crippen LogP contribution in [0.5, 0.6) is 0 Å². The van der Waals surface area contributed by atoms with E-state index in [1.807, 2.05) is 0 Å². The van der Waals surface area contributed by atoms with Gasteiger partial charge in [-0.15, -0.1) is 0 Å². The van der Waals surface area contributed by atoms with Crippen molar-refractivity contribution in [3.05, 3.63) is 0 Å². The molecule has 0 amide bonds. The first kappa shape index (κ1) is 92.7. The van der Waals surface area contributed by atoms with Crippen molar-refractivity contribution in [2.45, 2.75) is 378 Å². The second-order valence-corrected chi connectivity index (χ2v) is 24.0. The van der Waals surface area contributed by atoms with Crippen molar-refractivity contribution in [1.29, 1.82) is 0 Å². The molecule has 520 valence electrons. The van der Waals surface area contributed by atoms with Crippen LogP contribution in [0.3, 0.4) is 0 Å². The Bertz CT molecular complexity index is 1190. The lowest BCUT2D eigenvalue weighted by Gasteiger charge is -2.25. The van der Waals surface area contributed by atoms with Gasteiger partial charge in [-0.25, -0.2) is 0 Å². The molecule has 0 bridgehead atoms. The van der Waals surface area contributed by atoms with Crippen LogP contribution >= 0.6 is 0 Å². The van der Waals surface area contributed by atoms with Crippen LogP contribution in [0.1, 0.15) is 329 Å². The second-order valence-electron chi connectivity index (χ2n) is 24.0. The predicted octanol–water partition coefficient (Wildman–Crippen LogP) is 12.3. The molecule has 0 saturated heterocycles. The number of aliphatic hydroxyl groups is 10. The van der Waals surface area contributed by atoms with Crippen LogP contribution in [0.15, 0.2) is 0 Å². The zero-order valence-electron chi connectivity index (χ0n) is 55.9. The predicted molar refractivity (Wildman–Crippen MR) is 352 cm³/mol. The number of carboxylic acid groups (broad SMARTS) is 3. The fourth-order valence-electron chi connectivity index (χ4n) is 9.73. The quantitative estimate of drug-likeness (QED) is 0.0252. The Labute approximate surface area is 525 Å². The minimum atomic E-state index is -1.55. The first-order chi connectivity index (χ1) is 41.4. The van der Waals surface area contributed by atoms with Crippen molar-refractivity contribution in [2.75, 3.05) is 40.4 Å². The maximum atomic E-state index is 10.3. The number of carbonyl (C=O) groups is 3. The summed E-state index contributed by atoms with van der Waals surface area (Å²) in [4.78, 5) is 31.0. The molecule has 15 N–H and O–H groups in total. The highest BCUT2D eigenvalue weighted by atomic mass is 16.4. The molecule has 18 heteroatoms. The monoisotopic (exact) mass is 1240 g/mol. The van der Waals surface area contributed by atoms with Gasteiger partial charge in [0, 0.05) is 32.4 Å². The van der Waals surface area contributed by atoms with Gasteiger partial charge in [0.25, 0.3) is 0 Å². The fourth-order valence-corrected chi connectivity index (χ4v) is 9.73. The van der Waals surface area contributed by atoms with Crippen LogP contribution in [0.2, 0.25) is 0 Å². The van der Waals surface area contributed by atoms with Crippen molar-refractivity contribution < 1.29 is 80.8 Å². The van der Waals surface area contributed by atoms with Crippen molar-refractivity contribution in [2.24, 2.45) is 0 Å². The number of unbranched alkanes of at least 4 members (excludes halogenated alkanes) is 42. The first-order valence-corrected chi connectivity index (χ1v) is 35.0.